The Morgan fingerprint density at radius 1 is 1.64 bits per heavy atom. The fourth-order valence-corrected chi connectivity index (χ4v) is 0.427. The fourth-order valence-electron chi connectivity index (χ4n) is 0.427. The number of aliphatic carboxylic acids is 1. The van der Waals surface area contributed by atoms with Gasteiger partial charge in [0.25, 0.3) is 0 Å². The summed E-state index contributed by atoms with van der Waals surface area (Å²) in [7, 11) is 1.36. The Morgan fingerprint density at radius 2 is 2.09 bits per heavy atom. The van der Waals surface area contributed by atoms with E-state index in [4.69, 9.17) is 0 Å². The number of quaternary nitrogens is 1. The molecule has 64 valence electrons. The van der Waals surface area contributed by atoms with Gasteiger partial charge in [-0.05, 0) is 6.08 Å². The predicted molar refractivity (Wildman–Crippen MR) is 38.8 cm³/mol. The molecule has 5 heteroatoms. The highest BCUT2D eigenvalue weighted by molar-refractivity contribution is 5.88. The maximum Gasteiger partial charge on any atom is 0.246 e. The summed E-state index contributed by atoms with van der Waals surface area (Å²) in [5.41, 5.74) is 0. The summed E-state index contributed by atoms with van der Waals surface area (Å²) in [5, 5.41) is 9.89. The van der Waals surface area contributed by atoms with Gasteiger partial charge >= 0.3 is 0 Å². The van der Waals surface area contributed by atoms with Crippen LogP contribution in [0.3, 0.4) is 0 Å². The molecule has 0 saturated heterocycles. The number of likely N-dealkylation sites (N-methyl/N-ethyl adjacent to an activating group) is 1. The van der Waals surface area contributed by atoms with E-state index in [2.05, 4.69) is 6.58 Å². The van der Waals surface area contributed by atoms with Crippen LogP contribution in [0.4, 0.5) is 0 Å². The molecule has 0 bridgehead atoms. The van der Waals surface area contributed by atoms with Gasteiger partial charge in [0.1, 0.15) is 0 Å². The molecule has 5 nitrogen and oxygen atoms in total. The summed E-state index contributed by atoms with van der Waals surface area (Å²) in [6.07, 6.45) is 1.04. The van der Waals surface area contributed by atoms with Gasteiger partial charge in [-0.15, -0.1) is 0 Å². The van der Waals surface area contributed by atoms with Crippen molar-refractivity contribution < 1.29 is 14.7 Å². The van der Waals surface area contributed by atoms with Gasteiger partial charge < -0.3 is 21.0 Å². The van der Waals surface area contributed by atoms with Crippen molar-refractivity contribution in [3.05, 3.63) is 12.7 Å². The van der Waals surface area contributed by atoms with Gasteiger partial charge in [-0.2, -0.15) is 0 Å². The first-order valence-corrected chi connectivity index (χ1v) is 2.65. The van der Waals surface area contributed by atoms with Crippen LogP contribution < -0.4 is 11.3 Å². The number of carbonyl (C=O) groups excluding carboxylic acids is 2. The number of amides is 1. The molecule has 0 saturated carbocycles. The lowest BCUT2D eigenvalue weighted by Crippen LogP contribution is -2.38. The van der Waals surface area contributed by atoms with Crippen LogP contribution in [-0.4, -0.2) is 30.4 Å². The highest BCUT2D eigenvalue weighted by atomic mass is 16.4. The minimum atomic E-state index is -1.28. The van der Waals surface area contributed by atoms with E-state index in [0.29, 0.717) is 0 Å². The van der Waals surface area contributed by atoms with Gasteiger partial charge in [-0.3, -0.25) is 4.79 Å². The molecule has 0 heterocycles. The number of carboxylic acids is 1. The number of carbonyl (C=O) groups is 2. The monoisotopic (exact) mass is 160 g/mol. The van der Waals surface area contributed by atoms with Gasteiger partial charge in [0.05, 0.1) is 12.5 Å². The van der Waals surface area contributed by atoms with E-state index < -0.39 is 18.4 Å². The van der Waals surface area contributed by atoms with E-state index in [9.17, 15) is 14.7 Å². The minimum Gasteiger partial charge on any atom is -0.548 e. The van der Waals surface area contributed by atoms with Crippen molar-refractivity contribution >= 4 is 11.9 Å². The maximum absolute atomic E-state index is 10.6. The zero-order chi connectivity index (χ0) is 8.15. The van der Waals surface area contributed by atoms with E-state index >= 15 is 0 Å². The molecular formula is C6H12N2O3. The Balaban J connectivity index is 0. The molecule has 0 fully saturated rings. The van der Waals surface area contributed by atoms with E-state index in [-0.39, 0.29) is 6.15 Å². The molecule has 1 amide bonds. The highest BCUT2D eigenvalue weighted by Gasteiger charge is 2.01. The third-order valence-corrected chi connectivity index (χ3v) is 0.917. The Hall–Kier alpha value is -1.36. The molecule has 0 spiro atoms. The molecule has 0 aromatic carbocycles. The zero-order valence-corrected chi connectivity index (χ0v) is 6.66. The van der Waals surface area contributed by atoms with Crippen molar-refractivity contribution in [1.82, 2.24) is 11.1 Å². The number of hydrogen-bond donors (Lipinski definition) is 1. The van der Waals surface area contributed by atoms with Crippen LogP contribution in [0.1, 0.15) is 0 Å². The quantitative estimate of drug-likeness (QED) is 0.522. The second kappa shape index (κ2) is 5.43. The lowest BCUT2D eigenvalue weighted by molar-refractivity contribution is -0.305. The van der Waals surface area contributed by atoms with Crippen LogP contribution in [0.5, 0.6) is 0 Å². The summed E-state index contributed by atoms with van der Waals surface area (Å²) < 4.78 is 0. The average Bonchev–Trinajstić information content (AvgIpc) is 1.85. The SMILES string of the molecule is C=CC(=O)N(C)CC(=O)[O-].[NH4+]. The Labute approximate surface area is 64.9 Å². The lowest BCUT2D eigenvalue weighted by Gasteiger charge is -2.14. The normalized spacial score (nSPS) is 7.73. The van der Waals surface area contributed by atoms with Crippen molar-refractivity contribution in [3.63, 3.8) is 0 Å². The zero-order valence-electron chi connectivity index (χ0n) is 6.66. The molecule has 11 heavy (non-hydrogen) atoms. The van der Waals surface area contributed by atoms with Crippen molar-refractivity contribution in [2.24, 2.45) is 0 Å². The smallest absolute Gasteiger partial charge is 0.246 e. The molecule has 0 aliphatic carbocycles. The number of hydrogen-bond acceptors (Lipinski definition) is 3. The summed E-state index contributed by atoms with van der Waals surface area (Å²) >= 11 is 0. The van der Waals surface area contributed by atoms with Crippen LogP contribution in [0.2, 0.25) is 0 Å². The van der Waals surface area contributed by atoms with Gasteiger partial charge in [0.2, 0.25) is 5.91 Å². The summed E-state index contributed by atoms with van der Waals surface area (Å²) in [6, 6.07) is 0. The first-order valence-electron chi connectivity index (χ1n) is 2.65. The van der Waals surface area contributed by atoms with E-state index in [1.807, 2.05) is 0 Å². The average molecular weight is 160 g/mol. The molecule has 0 radical (unpaired) electrons. The molecular weight excluding hydrogens is 148 g/mol. The predicted octanol–water partition coefficient (Wildman–Crippen LogP) is -1.24. The van der Waals surface area contributed by atoms with E-state index in [1.165, 1.54) is 7.05 Å². The molecule has 0 atom stereocenters. The molecule has 0 aliphatic rings. The van der Waals surface area contributed by atoms with Crippen molar-refractivity contribution in [2.75, 3.05) is 13.6 Å². The van der Waals surface area contributed by atoms with Gasteiger partial charge in [0, 0.05) is 7.05 Å². The highest BCUT2D eigenvalue weighted by Crippen LogP contribution is 1.82. The van der Waals surface area contributed by atoms with Crippen molar-refractivity contribution in [2.45, 2.75) is 0 Å². The Morgan fingerprint density at radius 3 is 2.36 bits per heavy atom. The molecule has 0 unspecified atom stereocenters. The molecule has 0 aromatic rings. The lowest BCUT2D eigenvalue weighted by atomic mass is 10.5. The third kappa shape index (κ3) is 5.10. The van der Waals surface area contributed by atoms with Crippen LogP contribution in [0.25, 0.3) is 0 Å². The number of rotatable bonds is 3. The second-order valence-electron chi connectivity index (χ2n) is 1.77. The largest absolute Gasteiger partial charge is 0.548 e. The van der Waals surface area contributed by atoms with Crippen LogP contribution >= 0.6 is 0 Å². The first-order chi connectivity index (χ1) is 4.57. The Bertz CT molecular complexity index is 167. The first kappa shape index (κ1) is 12.3. The summed E-state index contributed by atoms with van der Waals surface area (Å²) in [4.78, 5) is 21.5. The molecule has 4 N–H and O–H groups in total. The Kier molecular flexibility index (Phi) is 6.08. The molecule has 0 rings (SSSR count). The third-order valence-electron chi connectivity index (χ3n) is 0.917. The maximum atomic E-state index is 10.6. The van der Waals surface area contributed by atoms with Gasteiger partial charge in [-0.1, -0.05) is 6.58 Å². The number of nitrogens with zero attached hydrogens (tertiary/aromatic N) is 1. The molecule has 0 aliphatic heterocycles. The van der Waals surface area contributed by atoms with Crippen molar-refractivity contribution in [1.29, 1.82) is 0 Å². The van der Waals surface area contributed by atoms with Crippen molar-refractivity contribution in [3.8, 4) is 0 Å². The van der Waals surface area contributed by atoms with Crippen LogP contribution in [0.15, 0.2) is 12.7 Å². The van der Waals surface area contributed by atoms with Gasteiger partial charge in [0.15, 0.2) is 0 Å². The van der Waals surface area contributed by atoms with Crippen LogP contribution in [-0.2, 0) is 9.59 Å². The summed E-state index contributed by atoms with van der Waals surface area (Å²) in [5.74, 6) is -1.71. The molecule has 0 aromatic heterocycles. The second-order valence-corrected chi connectivity index (χ2v) is 1.77. The van der Waals surface area contributed by atoms with Crippen LogP contribution in [0, 0.1) is 0 Å². The van der Waals surface area contributed by atoms with E-state index in [1.54, 1.807) is 0 Å². The van der Waals surface area contributed by atoms with Gasteiger partial charge in [-0.25, -0.2) is 0 Å². The standard InChI is InChI=1S/C6H9NO3.H3N/c1-3-5(8)7(2)4-6(9)10;/h3H,1,4H2,2H3,(H,9,10);1H3. The topological polar surface area (TPSA) is 96.9 Å². The minimum absolute atomic E-state index is 0. The fraction of sp³-hybridized carbons (Fsp3) is 0.333. The van der Waals surface area contributed by atoms with E-state index in [0.717, 1.165) is 11.0 Å². The number of carboxylic acid groups (broad SMARTS) is 1. The summed E-state index contributed by atoms with van der Waals surface area (Å²) in [6.45, 7) is 2.79.